The third kappa shape index (κ3) is 2.30. The van der Waals surface area contributed by atoms with E-state index >= 15 is 0 Å². The quantitative estimate of drug-likeness (QED) is 0.784. The number of anilines is 1. The summed E-state index contributed by atoms with van der Waals surface area (Å²) in [6, 6.07) is 9.27. The molecule has 4 heteroatoms. The Hall–Kier alpha value is -1.84. The highest BCUT2D eigenvalue weighted by Crippen LogP contribution is 2.19. The van der Waals surface area contributed by atoms with Crippen LogP contribution in [0.25, 0.3) is 0 Å². The average Bonchev–Trinajstić information content (AvgIpc) is 2.49. The number of hydrogen-bond acceptors (Lipinski definition) is 2. The van der Waals surface area contributed by atoms with Crippen LogP contribution in [0.5, 0.6) is 0 Å². The highest BCUT2D eigenvalue weighted by atomic mass is 16.2. The Bertz CT molecular complexity index is 417. The summed E-state index contributed by atoms with van der Waals surface area (Å²) in [5, 5.41) is 0. The molecule has 1 heterocycles. The van der Waals surface area contributed by atoms with Gasteiger partial charge < -0.3 is 0 Å². The second-order valence-electron chi connectivity index (χ2n) is 4.01. The van der Waals surface area contributed by atoms with Gasteiger partial charge in [0.15, 0.2) is 0 Å². The highest BCUT2D eigenvalue weighted by molar-refractivity contribution is 6.03. The predicted molar refractivity (Wildman–Crippen MR) is 65.8 cm³/mol. The molecule has 0 atom stereocenters. The topological polar surface area (TPSA) is 40.6 Å². The Kier molecular flexibility index (Phi) is 3.42. The lowest BCUT2D eigenvalue weighted by molar-refractivity contribution is -0.127. The minimum absolute atomic E-state index is 0.0732. The summed E-state index contributed by atoms with van der Waals surface area (Å²) in [4.78, 5) is 26.9. The first-order valence-corrected chi connectivity index (χ1v) is 5.91. The number of urea groups is 1. The normalized spacial score (nSPS) is 17.2. The fraction of sp³-hybridized carbons (Fsp3) is 0.385. The number of amides is 3. The summed E-state index contributed by atoms with van der Waals surface area (Å²) in [7, 11) is 0. The Morgan fingerprint density at radius 2 is 1.88 bits per heavy atom. The number of carbonyl (C=O) groups excluding carboxylic acids is 2. The van der Waals surface area contributed by atoms with E-state index in [0.29, 0.717) is 19.5 Å². The monoisotopic (exact) mass is 232 g/mol. The summed E-state index contributed by atoms with van der Waals surface area (Å²) in [5.74, 6) is -0.0732. The Morgan fingerprint density at radius 3 is 2.53 bits per heavy atom. The van der Waals surface area contributed by atoms with Crippen molar-refractivity contribution in [3.8, 4) is 0 Å². The standard InChI is InChI=1S/C13H16N2O2/c1-2-14-12(16)9-6-10-15(13(14)17)11-7-4-3-5-8-11/h3-5,7-8H,2,6,9-10H2,1H3. The molecule has 1 aliphatic heterocycles. The maximum atomic E-state index is 12.2. The number of rotatable bonds is 2. The van der Waals surface area contributed by atoms with Crippen LogP contribution in [0.4, 0.5) is 10.5 Å². The molecule has 90 valence electrons. The van der Waals surface area contributed by atoms with E-state index in [-0.39, 0.29) is 11.9 Å². The second kappa shape index (κ2) is 4.99. The lowest BCUT2D eigenvalue weighted by atomic mass is 10.2. The van der Waals surface area contributed by atoms with Gasteiger partial charge >= 0.3 is 6.03 Å². The van der Waals surface area contributed by atoms with Crippen LogP contribution in [0.3, 0.4) is 0 Å². The SMILES string of the molecule is CCN1C(=O)CCCN(c2ccccc2)C1=O. The van der Waals surface area contributed by atoms with E-state index in [1.807, 2.05) is 37.3 Å². The van der Waals surface area contributed by atoms with Crippen molar-refractivity contribution in [3.05, 3.63) is 30.3 Å². The van der Waals surface area contributed by atoms with Gasteiger partial charge in [-0.2, -0.15) is 0 Å². The number of para-hydroxylation sites is 1. The molecule has 4 nitrogen and oxygen atoms in total. The molecule has 0 spiro atoms. The van der Waals surface area contributed by atoms with Gasteiger partial charge in [0.1, 0.15) is 0 Å². The van der Waals surface area contributed by atoms with E-state index in [2.05, 4.69) is 0 Å². The molecule has 0 bridgehead atoms. The van der Waals surface area contributed by atoms with Crippen molar-refractivity contribution in [1.82, 2.24) is 4.90 Å². The zero-order chi connectivity index (χ0) is 12.3. The predicted octanol–water partition coefficient (Wildman–Crippen LogP) is 2.26. The van der Waals surface area contributed by atoms with Crippen LogP contribution in [-0.2, 0) is 4.79 Å². The van der Waals surface area contributed by atoms with Gasteiger partial charge in [0, 0.05) is 25.2 Å². The molecule has 3 amide bonds. The number of imide groups is 1. The van der Waals surface area contributed by atoms with Crippen LogP contribution in [0.2, 0.25) is 0 Å². The largest absolute Gasteiger partial charge is 0.331 e. The minimum atomic E-state index is -0.207. The van der Waals surface area contributed by atoms with Crippen LogP contribution < -0.4 is 4.90 Å². The summed E-state index contributed by atoms with van der Waals surface area (Å²) in [6.07, 6.45) is 1.17. The first kappa shape index (κ1) is 11.6. The second-order valence-corrected chi connectivity index (χ2v) is 4.01. The molecule has 0 radical (unpaired) electrons. The van der Waals surface area contributed by atoms with Crippen molar-refractivity contribution in [1.29, 1.82) is 0 Å². The Balaban J connectivity index is 2.28. The minimum Gasteiger partial charge on any atom is -0.294 e. The number of benzene rings is 1. The lowest BCUT2D eigenvalue weighted by Gasteiger charge is -2.25. The van der Waals surface area contributed by atoms with E-state index in [4.69, 9.17) is 0 Å². The fourth-order valence-electron chi connectivity index (χ4n) is 2.03. The van der Waals surface area contributed by atoms with Crippen LogP contribution in [0, 0.1) is 0 Å². The van der Waals surface area contributed by atoms with Gasteiger partial charge in [-0.1, -0.05) is 18.2 Å². The van der Waals surface area contributed by atoms with Crippen molar-refractivity contribution in [2.45, 2.75) is 19.8 Å². The van der Waals surface area contributed by atoms with Gasteiger partial charge in [-0.3, -0.25) is 14.6 Å². The fourth-order valence-corrected chi connectivity index (χ4v) is 2.03. The summed E-state index contributed by atoms with van der Waals surface area (Å²) < 4.78 is 0. The van der Waals surface area contributed by atoms with Crippen LogP contribution in [-0.4, -0.2) is 29.9 Å². The maximum absolute atomic E-state index is 12.2. The van der Waals surface area contributed by atoms with Gasteiger partial charge in [-0.25, -0.2) is 4.79 Å². The average molecular weight is 232 g/mol. The third-order valence-electron chi connectivity index (χ3n) is 2.92. The van der Waals surface area contributed by atoms with Crippen LogP contribution >= 0.6 is 0 Å². The van der Waals surface area contributed by atoms with Crippen molar-refractivity contribution in [3.63, 3.8) is 0 Å². The van der Waals surface area contributed by atoms with E-state index < -0.39 is 0 Å². The lowest BCUT2D eigenvalue weighted by Crippen LogP contribution is -2.44. The molecule has 1 aromatic rings. The maximum Gasteiger partial charge on any atom is 0.331 e. The highest BCUT2D eigenvalue weighted by Gasteiger charge is 2.28. The van der Waals surface area contributed by atoms with Crippen LogP contribution in [0.15, 0.2) is 30.3 Å². The van der Waals surface area contributed by atoms with Gasteiger partial charge in [0.2, 0.25) is 5.91 Å². The summed E-state index contributed by atoms with van der Waals surface area (Å²) in [6.45, 7) is 2.86. The third-order valence-corrected chi connectivity index (χ3v) is 2.92. The molecule has 0 aliphatic carbocycles. The Morgan fingerprint density at radius 1 is 1.18 bits per heavy atom. The molecular formula is C13H16N2O2. The smallest absolute Gasteiger partial charge is 0.294 e. The van der Waals surface area contributed by atoms with Gasteiger partial charge in [0.05, 0.1) is 0 Å². The molecule has 1 aliphatic rings. The molecule has 0 aromatic heterocycles. The molecule has 0 unspecified atom stereocenters. The first-order chi connectivity index (χ1) is 8.24. The van der Waals surface area contributed by atoms with Crippen LogP contribution in [0.1, 0.15) is 19.8 Å². The summed E-state index contributed by atoms with van der Waals surface area (Å²) >= 11 is 0. The van der Waals surface area contributed by atoms with E-state index in [1.165, 1.54) is 4.90 Å². The molecule has 2 rings (SSSR count). The number of nitrogens with zero attached hydrogens (tertiary/aromatic N) is 2. The first-order valence-electron chi connectivity index (χ1n) is 5.91. The van der Waals surface area contributed by atoms with E-state index in [1.54, 1.807) is 4.90 Å². The van der Waals surface area contributed by atoms with Gasteiger partial charge in [0.25, 0.3) is 0 Å². The van der Waals surface area contributed by atoms with Gasteiger partial charge in [-0.15, -0.1) is 0 Å². The van der Waals surface area contributed by atoms with Crippen molar-refractivity contribution in [2.24, 2.45) is 0 Å². The van der Waals surface area contributed by atoms with Crippen molar-refractivity contribution < 1.29 is 9.59 Å². The zero-order valence-electron chi connectivity index (χ0n) is 9.93. The molecule has 17 heavy (non-hydrogen) atoms. The molecule has 1 aromatic carbocycles. The zero-order valence-corrected chi connectivity index (χ0v) is 9.93. The molecule has 0 N–H and O–H groups in total. The molecule has 1 fully saturated rings. The molecule has 1 saturated heterocycles. The molecule has 0 saturated carbocycles. The molecular weight excluding hydrogens is 216 g/mol. The van der Waals surface area contributed by atoms with Gasteiger partial charge in [-0.05, 0) is 25.5 Å². The van der Waals surface area contributed by atoms with Crippen molar-refractivity contribution >= 4 is 17.6 Å². The van der Waals surface area contributed by atoms with E-state index in [9.17, 15) is 9.59 Å². The number of hydrogen-bond donors (Lipinski definition) is 0. The van der Waals surface area contributed by atoms with Crippen molar-refractivity contribution in [2.75, 3.05) is 18.0 Å². The summed E-state index contributed by atoms with van der Waals surface area (Å²) in [5.41, 5.74) is 0.852. The number of carbonyl (C=O) groups is 2. The van der Waals surface area contributed by atoms with E-state index in [0.717, 1.165) is 12.1 Å². The Labute approximate surface area is 101 Å².